The number of anilines is 1. The lowest BCUT2D eigenvalue weighted by atomic mass is 10.1. The van der Waals surface area contributed by atoms with Crippen LogP contribution < -0.4 is 10.1 Å². The molecule has 0 aliphatic rings. The van der Waals surface area contributed by atoms with Crippen LogP contribution in [0.15, 0.2) is 30.6 Å². The predicted octanol–water partition coefficient (Wildman–Crippen LogP) is 2.73. The molecule has 5 heteroatoms. The average Bonchev–Trinajstić information content (AvgIpc) is 2.82. The Kier molecular flexibility index (Phi) is 3.27. The maximum absolute atomic E-state index is 13.3. The molecule has 90 valence electrons. The van der Waals surface area contributed by atoms with Crippen LogP contribution in [0.1, 0.15) is 18.5 Å². The summed E-state index contributed by atoms with van der Waals surface area (Å²) in [5, 5.41) is 9.80. The minimum absolute atomic E-state index is 0.0436. The Balaban J connectivity index is 2.16. The van der Waals surface area contributed by atoms with Crippen molar-refractivity contribution in [2.24, 2.45) is 0 Å². The van der Waals surface area contributed by atoms with Crippen molar-refractivity contribution in [3.63, 3.8) is 0 Å². The molecule has 0 aliphatic carbocycles. The number of hydrogen-bond acceptors (Lipinski definition) is 3. The molecule has 0 aliphatic heterocycles. The van der Waals surface area contributed by atoms with Crippen LogP contribution in [0.25, 0.3) is 0 Å². The summed E-state index contributed by atoms with van der Waals surface area (Å²) in [6.07, 6.45) is 3.45. The maximum atomic E-state index is 13.3. The molecule has 0 amide bonds. The molecule has 1 unspecified atom stereocenters. The van der Waals surface area contributed by atoms with E-state index in [0.717, 1.165) is 11.3 Å². The molecular weight excluding hydrogens is 221 g/mol. The van der Waals surface area contributed by atoms with Gasteiger partial charge in [-0.15, -0.1) is 0 Å². The van der Waals surface area contributed by atoms with E-state index in [-0.39, 0.29) is 17.6 Å². The summed E-state index contributed by atoms with van der Waals surface area (Å²) >= 11 is 0. The number of halogens is 1. The van der Waals surface area contributed by atoms with Crippen molar-refractivity contribution < 1.29 is 9.13 Å². The number of rotatable bonds is 4. The lowest BCUT2D eigenvalue weighted by Gasteiger charge is -2.15. The van der Waals surface area contributed by atoms with E-state index in [1.807, 2.05) is 6.92 Å². The number of aromatic amines is 1. The van der Waals surface area contributed by atoms with Gasteiger partial charge in [0.05, 0.1) is 19.0 Å². The molecule has 0 saturated heterocycles. The minimum Gasteiger partial charge on any atom is -0.494 e. The summed E-state index contributed by atoms with van der Waals surface area (Å²) in [6, 6.07) is 4.87. The molecule has 1 atom stereocenters. The van der Waals surface area contributed by atoms with Gasteiger partial charge in [0.15, 0.2) is 11.6 Å². The summed E-state index contributed by atoms with van der Waals surface area (Å²) in [7, 11) is 1.45. The molecule has 0 spiro atoms. The Bertz CT molecular complexity index is 485. The van der Waals surface area contributed by atoms with Gasteiger partial charge in [-0.25, -0.2) is 4.39 Å². The SMILES string of the molecule is COc1cc(C(C)Nc2cn[nH]c2)ccc1F. The molecule has 0 radical (unpaired) electrons. The van der Waals surface area contributed by atoms with Crippen molar-refractivity contribution in [1.82, 2.24) is 10.2 Å². The van der Waals surface area contributed by atoms with Crippen molar-refractivity contribution in [2.45, 2.75) is 13.0 Å². The summed E-state index contributed by atoms with van der Waals surface area (Å²) in [5.74, 6) is -0.102. The first kappa shape index (κ1) is 11.4. The Morgan fingerprint density at radius 3 is 2.94 bits per heavy atom. The summed E-state index contributed by atoms with van der Waals surface area (Å²) in [5.41, 5.74) is 1.84. The molecule has 0 bridgehead atoms. The first-order valence-corrected chi connectivity index (χ1v) is 5.29. The highest BCUT2D eigenvalue weighted by atomic mass is 19.1. The van der Waals surface area contributed by atoms with Gasteiger partial charge in [0.1, 0.15) is 0 Å². The Morgan fingerprint density at radius 1 is 1.47 bits per heavy atom. The summed E-state index contributed by atoms with van der Waals surface area (Å²) in [4.78, 5) is 0. The third-order valence-electron chi connectivity index (χ3n) is 2.56. The van der Waals surface area contributed by atoms with Crippen molar-refractivity contribution >= 4 is 5.69 Å². The number of H-pyrrole nitrogens is 1. The standard InChI is InChI=1S/C12H14FN3O/c1-8(16-10-6-14-15-7-10)9-3-4-11(13)12(5-9)17-2/h3-8,16H,1-2H3,(H,14,15). The second-order valence-corrected chi connectivity index (χ2v) is 3.75. The lowest BCUT2D eigenvalue weighted by molar-refractivity contribution is 0.385. The topological polar surface area (TPSA) is 49.9 Å². The fourth-order valence-corrected chi connectivity index (χ4v) is 1.61. The zero-order valence-corrected chi connectivity index (χ0v) is 9.70. The molecule has 1 aromatic carbocycles. The number of methoxy groups -OCH3 is 1. The molecule has 0 fully saturated rings. The zero-order valence-electron chi connectivity index (χ0n) is 9.70. The highest BCUT2D eigenvalue weighted by Gasteiger charge is 2.09. The van der Waals surface area contributed by atoms with Crippen LogP contribution in [-0.4, -0.2) is 17.3 Å². The van der Waals surface area contributed by atoms with Gasteiger partial charge < -0.3 is 10.1 Å². The lowest BCUT2D eigenvalue weighted by Crippen LogP contribution is -2.06. The molecule has 2 rings (SSSR count). The van der Waals surface area contributed by atoms with E-state index in [1.54, 1.807) is 24.5 Å². The number of benzene rings is 1. The van der Waals surface area contributed by atoms with E-state index < -0.39 is 0 Å². The van der Waals surface area contributed by atoms with Gasteiger partial charge in [-0.1, -0.05) is 6.07 Å². The first-order chi connectivity index (χ1) is 8.20. The van der Waals surface area contributed by atoms with Gasteiger partial charge >= 0.3 is 0 Å². The third kappa shape index (κ3) is 2.55. The van der Waals surface area contributed by atoms with Crippen LogP contribution in [0.5, 0.6) is 5.75 Å². The van der Waals surface area contributed by atoms with Gasteiger partial charge in [0.2, 0.25) is 0 Å². The zero-order chi connectivity index (χ0) is 12.3. The van der Waals surface area contributed by atoms with Gasteiger partial charge in [0, 0.05) is 12.2 Å². The average molecular weight is 235 g/mol. The van der Waals surface area contributed by atoms with E-state index >= 15 is 0 Å². The predicted molar refractivity (Wildman–Crippen MR) is 63.6 cm³/mol. The largest absolute Gasteiger partial charge is 0.494 e. The van der Waals surface area contributed by atoms with E-state index in [9.17, 15) is 4.39 Å². The smallest absolute Gasteiger partial charge is 0.165 e. The molecule has 4 nitrogen and oxygen atoms in total. The third-order valence-corrected chi connectivity index (χ3v) is 2.56. The second-order valence-electron chi connectivity index (χ2n) is 3.75. The molecule has 1 aromatic heterocycles. The highest BCUT2D eigenvalue weighted by molar-refractivity contribution is 5.42. The monoisotopic (exact) mass is 235 g/mol. The van der Waals surface area contributed by atoms with Gasteiger partial charge in [0.25, 0.3) is 0 Å². The van der Waals surface area contributed by atoms with E-state index in [0.29, 0.717) is 0 Å². The van der Waals surface area contributed by atoms with Crippen LogP contribution in [-0.2, 0) is 0 Å². The maximum Gasteiger partial charge on any atom is 0.165 e. The normalized spacial score (nSPS) is 12.2. The van der Waals surface area contributed by atoms with Crippen LogP contribution in [0.3, 0.4) is 0 Å². The minimum atomic E-state index is -0.355. The quantitative estimate of drug-likeness (QED) is 0.856. The van der Waals surface area contributed by atoms with E-state index in [2.05, 4.69) is 15.5 Å². The molecular formula is C12H14FN3O. The van der Waals surface area contributed by atoms with Crippen molar-refractivity contribution in [1.29, 1.82) is 0 Å². The second kappa shape index (κ2) is 4.86. The Morgan fingerprint density at radius 2 is 2.29 bits per heavy atom. The number of nitrogens with one attached hydrogen (secondary N) is 2. The van der Waals surface area contributed by atoms with Gasteiger partial charge in [-0.2, -0.15) is 5.10 Å². The summed E-state index contributed by atoms with van der Waals surface area (Å²) in [6.45, 7) is 1.99. The molecule has 1 heterocycles. The fraction of sp³-hybridized carbons (Fsp3) is 0.250. The van der Waals surface area contributed by atoms with Crippen molar-refractivity contribution in [3.05, 3.63) is 42.0 Å². The van der Waals surface area contributed by atoms with E-state index in [4.69, 9.17) is 4.74 Å². The fourth-order valence-electron chi connectivity index (χ4n) is 1.61. The van der Waals surface area contributed by atoms with Crippen LogP contribution in [0, 0.1) is 5.82 Å². The Hall–Kier alpha value is -2.04. The van der Waals surface area contributed by atoms with Gasteiger partial charge in [-0.05, 0) is 24.6 Å². The number of ether oxygens (including phenoxy) is 1. The molecule has 2 N–H and O–H groups in total. The summed E-state index contributed by atoms with van der Waals surface area (Å²) < 4.78 is 18.2. The number of hydrogen-bond donors (Lipinski definition) is 2. The van der Waals surface area contributed by atoms with E-state index in [1.165, 1.54) is 13.2 Å². The first-order valence-electron chi connectivity index (χ1n) is 5.29. The van der Waals surface area contributed by atoms with Crippen molar-refractivity contribution in [3.8, 4) is 5.75 Å². The number of nitrogens with zero attached hydrogens (tertiary/aromatic N) is 1. The number of aromatic nitrogens is 2. The van der Waals surface area contributed by atoms with Crippen LogP contribution >= 0.6 is 0 Å². The molecule has 0 saturated carbocycles. The molecule has 17 heavy (non-hydrogen) atoms. The van der Waals surface area contributed by atoms with Crippen LogP contribution in [0.4, 0.5) is 10.1 Å². The van der Waals surface area contributed by atoms with Crippen LogP contribution in [0.2, 0.25) is 0 Å². The highest BCUT2D eigenvalue weighted by Crippen LogP contribution is 2.24. The molecule has 2 aromatic rings. The van der Waals surface area contributed by atoms with Gasteiger partial charge in [-0.3, -0.25) is 5.10 Å². The van der Waals surface area contributed by atoms with Crippen molar-refractivity contribution in [2.75, 3.05) is 12.4 Å². The Labute approximate surface area is 98.8 Å².